The molecule has 0 atom stereocenters. The van der Waals surface area contributed by atoms with Gasteiger partial charge in [0.2, 0.25) is 0 Å². The highest BCUT2D eigenvalue weighted by molar-refractivity contribution is 5.96. The molecule has 262 valence electrons. The summed E-state index contributed by atoms with van der Waals surface area (Å²) in [4.78, 5) is 43.5. The molecule has 5 rings (SSSR count). The maximum absolute atomic E-state index is 12.7. The van der Waals surface area contributed by atoms with Crippen LogP contribution in [0.5, 0.6) is 0 Å². The Morgan fingerprint density at radius 1 is 0.780 bits per heavy atom. The summed E-state index contributed by atoms with van der Waals surface area (Å²) < 4.78 is 6.68. The zero-order valence-corrected chi connectivity index (χ0v) is 28.6. The number of carbonyl (C=O) groups is 2. The van der Waals surface area contributed by atoms with Crippen molar-refractivity contribution < 1.29 is 34.2 Å². The summed E-state index contributed by atoms with van der Waals surface area (Å²) >= 11 is 0. The van der Waals surface area contributed by atoms with E-state index in [1.54, 1.807) is 4.90 Å². The quantitative estimate of drug-likeness (QED) is 0.114. The third-order valence-corrected chi connectivity index (χ3v) is 8.74. The Bertz CT molecular complexity index is 1630. The van der Waals surface area contributed by atoms with E-state index >= 15 is 0 Å². The smallest absolute Gasteiger partial charge is 0.276 e. The second-order valence-corrected chi connectivity index (χ2v) is 13.4. The van der Waals surface area contributed by atoms with Gasteiger partial charge in [0.15, 0.2) is 5.78 Å². The number of piperidine rings is 1. The first kappa shape index (κ1) is 37.6. The van der Waals surface area contributed by atoms with E-state index < -0.39 is 32.8 Å². The minimum Gasteiger partial charge on any atom is -0.545 e. The van der Waals surface area contributed by atoms with Crippen LogP contribution in [0.15, 0.2) is 103 Å². The van der Waals surface area contributed by atoms with Crippen LogP contribution in [0.3, 0.4) is 0 Å². The first-order chi connectivity index (χ1) is 23.8. The van der Waals surface area contributed by atoms with Gasteiger partial charge < -0.3 is 19.5 Å². The van der Waals surface area contributed by atoms with Crippen LogP contribution >= 0.6 is 0 Å². The number of quaternary nitrogens is 1. The van der Waals surface area contributed by atoms with Crippen molar-refractivity contribution in [3.63, 3.8) is 0 Å². The van der Waals surface area contributed by atoms with E-state index in [1.807, 2.05) is 12.1 Å². The van der Waals surface area contributed by atoms with Crippen molar-refractivity contribution in [3.8, 4) is 0 Å². The molecule has 1 fully saturated rings. The van der Waals surface area contributed by atoms with Gasteiger partial charge in [0, 0.05) is 48.9 Å². The van der Waals surface area contributed by atoms with E-state index in [1.165, 1.54) is 16.7 Å². The van der Waals surface area contributed by atoms with Crippen molar-refractivity contribution in [3.05, 3.63) is 151 Å². The molecule has 0 spiro atoms. The maximum atomic E-state index is 12.7. The van der Waals surface area contributed by atoms with Crippen molar-refractivity contribution in [2.24, 2.45) is 0 Å². The molecule has 0 saturated carbocycles. The fraction of sp³-hybridized carbons (Fsp3) is 0.333. The van der Waals surface area contributed by atoms with Crippen LogP contribution in [-0.2, 0) is 10.2 Å². The standard InChI is InChI=1S/C32H39NO2.C7H4N2O6/c1-32(2,3)28-18-16-25(17-19-28)30(34)15-10-22-33-23-20-29(21-24-33)35-31(26-11-6-4-7-12-26)27-13-8-5-9-14-27;10-7(11)4-1-5(8(12)13)3-6(2-4)9(14)15/h4-9,11-14,16-19,29,31H,10,15,20-24H2,1-3H3;1-3H,(H,10,11). The molecule has 1 saturated heterocycles. The summed E-state index contributed by atoms with van der Waals surface area (Å²) in [5.74, 6) is -1.45. The number of nitrogens with zero attached hydrogens (tertiary/aromatic N) is 2. The largest absolute Gasteiger partial charge is 0.545 e. The Morgan fingerprint density at radius 3 is 1.72 bits per heavy atom. The van der Waals surface area contributed by atoms with Crippen molar-refractivity contribution in [1.82, 2.24) is 0 Å². The molecule has 11 nitrogen and oxygen atoms in total. The third kappa shape index (κ3) is 10.9. The summed E-state index contributed by atoms with van der Waals surface area (Å²) in [5.41, 5.74) is 2.72. The van der Waals surface area contributed by atoms with Crippen molar-refractivity contribution in [2.75, 3.05) is 19.6 Å². The Labute approximate surface area is 291 Å². The average molecular weight is 682 g/mol. The molecule has 1 aliphatic rings. The number of nitrogens with one attached hydrogen (secondary N) is 1. The lowest BCUT2D eigenvalue weighted by molar-refractivity contribution is -0.906. The monoisotopic (exact) mass is 681 g/mol. The van der Waals surface area contributed by atoms with Gasteiger partial charge >= 0.3 is 0 Å². The fourth-order valence-electron chi connectivity index (χ4n) is 5.91. The number of non-ortho nitro benzene ring substituents is 2. The number of benzene rings is 4. The van der Waals surface area contributed by atoms with Gasteiger partial charge in [-0.1, -0.05) is 106 Å². The zero-order chi connectivity index (χ0) is 36.3. The molecular weight excluding hydrogens is 638 g/mol. The van der Waals surface area contributed by atoms with E-state index in [0.717, 1.165) is 44.5 Å². The lowest BCUT2D eigenvalue weighted by Crippen LogP contribution is -3.13. The Hall–Kier alpha value is -5.26. The molecule has 0 radical (unpaired) electrons. The Morgan fingerprint density at radius 2 is 1.28 bits per heavy atom. The molecule has 4 aromatic carbocycles. The molecule has 0 unspecified atom stereocenters. The van der Waals surface area contributed by atoms with Gasteiger partial charge in [-0.05, 0) is 22.1 Å². The molecule has 0 aromatic heterocycles. The molecule has 0 aliphatic carbocycles. The van der Waals surface area contributed by atoms with Crippen LogP contribution in [0.1, 0.15) is 90.0 Å². The first-order valence-corrected chi connectivity index (χ1v) is 16.7. The minimum atomic E-state index is -1.71. The first-order valence-electron chi connectivity index (χ1n) is 16.7. The highest BCUT2D eigenvalue weighted by Crippen LogP contribution is 2.29. The van der Waals surface area contributed by atoms with Gasteiger partial charge in [0.1, 0.15) is 6.10 Å². The summed E-state index contributed by atoms with van der Waals surface area (Å²) in [7, 11) is 0. The normalized spacial score (nSPS) is 15.8. The van der Waals surface area contributed by atoms with Crippen molar-refractivity contribution in [1.29, 1.82) is 0 Å². The van der Waals surface area contributed by atoms with E-state index in [9.17, 15) is 34.9 Å². The number of Topliss-reactive ketones (excluding diaryl/α,β-unsaturated/α-hetero) is 1. The van der Waals surface area contributed by atoms with Crippen LogP contribution in [0.4, 0.5) is 11.4 Å². The lowest BCUT2D eigenvalue weighted by Gasteiger charge is -2.32. The van der Waals surface area contributed by atoms with Gasteiger partial charge in [0.05, 0.1) is 47.6 Å². The zero-order valence-electron chi connectivity index (χ0n) is 28.6. The van der Waals surface area contributed by atoms with Crippen LogP contribution in [0.25, 0.3) is 0 Å². The van der Waals surface area contributed by atoms with Crippen molar-refractivity contribution >= 4 is 23.1 Å². The number of hydrogen-bond acceptors (Lipinski definition) is 8. The fourth-order valence-corrected chi connectivity index (χ4v) is 5.91. The number of likely N-dealkylation sites (tertiary alicyclic amines) is 1. The van der Waals surface area contributed by atoms with Crippen molar-refractivity contribution in [2.45, 2.75) is 64.1 Å². The van der Waals surface area contributed by atoms with Crippen LogP contribution in [0.2, 0.25) is 0 Å². The van der Waals surface area contributed by atoms with E-state index in [0.29, 0.717) is 24.6 Å². The predicted molar refractivity (Wildman–Crippen MR) is 187 cm³/mol. The number of nitro benzene ring substituents is 2. The third-order valence-electron chi connectivity index (χ3n) is 8.74. The number of ketones is 1. The molecule has 0 bridgehead atoms. The van der Waals surface area contributed by atoms with Gasteiger partial charge in [-0.25, -0.2) is 0 Å². The molecule has 1 heterocycles. The molecule has 50 heavy (non-hydrogen) atoms. The van der Waals surface area contributed by atoms with E-state index in [4.69, 9.17) is 4.74 Å². The predicted octanol–water partition coefficient (Wildman–Crippen LogP) is 5.67. The number of carbonyl (C=O) groups excluding carboxylic acids is 2. The van der Waals surface area contributed by atoms with Gasteiger partial charge in [-0.3, -0.25) is 25.0 Å². The second-order valence-electron chi connectivity index (χ2n) is 13.4. The van der Waals surface area contributed by atoms with E-state index in [-0.39, 0.29) is 23.4 Å². The minimum absolute atomic E-state index is 0.0220. The number of aromatic carboxylic acids is 1. The van der Waals surface area contributed by atoms with Gasteiger partial charge in [-0.15, -0.1) is 0 Å². The number of carboxylic acids is 1. The molecule has 1 aliphatic heterocycles. The topological polar surface area (TPSA) is 157 Å². The number of carboxylic acid groups (broad SMARTS) is 1. The van der Waals surface area contributed by atoms with Crippen LogP contribution < -0.4 is 10.0 Å². The highest BCUT2D eigenvalue weighted by Gasteiger charge is 2.27. The van der Waals surface area contributed by atoms with Crippen LogP contribution in [-0.4, -0.2) is 47.3 Å². The summed E-state index contributed by atoms with van der Waals surface area (Å²) in [5, 5.41) is 31.0. The summed E-state index contributed by atoms with van der Waals surface area (Å²) in [6.45, 7) is 9.86. The number of rotatable bonds is 12. The van der Waals surface area contributed by atoms with Gasteiger partial charge in [0.25, 0.3) is 11.4 Å². The molecule has 0 amide bonds. The maximum Gasteiger partial charge on any atom is 0.276 e. The Balaban J connectivity index is 0.000000314. The van der Waals surface area contributed by atoms with E-state index in [2.05, 4.69) is 93.6 Å². The second kappa shape index (κ2) is 17.4. The lowest BCUT2D eigenvalue weighted by atomic mass is 9.86. The Kier molecular flexibility index (Phi) is 13.1. The SMILES string of the molecule is CC(C)(C)c1ccc(C(=O)CCC[NH+]2CCC(OC(c3ccccc3)c3ccccc3)CC2)cc1.O=C([O-])c1cc([N+](=O)[O-])cc([N+](=O)[O-])c1. The number of hydrogen-bond donors (Lipinski definition) is 1. The summed E-state index contributed by atoms with van der Waals surface area (Å²) in [6, 6.07) is 31.3. The number of ether oxygens (including phenoxy) is 1. The number of nitro groups is 2. The molecule has 1 N–H and O–H groups in total. The van der Waals surface area contributed by atoms with Crippen LogP contribution in [0, 0.1) is 20.2 Å². The average Bonchev–Trinajstić information content (AvgIpc) is 3.11. The molecule has 11 heteroatoms. The summed E-state index contributed by atoms with van der Waals surface area (Å²) in [6.07, 6.45) is 3.94. The molecule has 4 aromatic rings. The molecular formula is C39H43N3O8. The van der Waals surface area contributed by atoms with Gasteiger partial charge in [-0.2, -0.15) is 0 Å². The highest BCUT2D eigenvalue weighted by atomic mass is 16.6.